The summed E-state index contributed by atoms with van der Waals surface area (Å²) < 4.78 is 0. The second-order valence-corrected chi connectivity index (χ2v) is 20.1. The average Bonchev–Trinajstić information content (AvgIpc) is 3.81. The summed E-state index contributed by atoms with van der Waals surface area (Å²) in [7, 11) is 0.777. The van der Waals surface area contributed by atoms with E-state index in [1.807, 2.05) is 0 Å². The van der Waals surface area contributed by atoms with Gasteiger partial charge in [0, 0.05) is 32.1 Å². The molecule has 0 fully saturated rings. The van der Waals surface area contributed by atoms with E-state index in [1.54, 1.807) is 5.57 Å². The van der Waals surface area contributed by atoms with Crippen LogP contribution in [0, 0.1) is 0 Å². The molecule has 0 bridgehead atoms. The van der Waals surface area contributed by atoms with Gasteiger partial charge in [0.2, 0.25) is 0 Å². The predicted octanol–water partition coefficient (Wildman–Crippen LogP) is 14.9. The molecule has 300 valence electrons. The molecule has 0 aliphatic heterocycles. The maximum absolute atomic E-state index is 2.56. The standard InChI is InChI=1S/C47H45.C12H10Si.Zr/c1-8-14-30-27-41-37(40-26-29-15-9-10-16-33(29)35-17-11-12-18-36(35)40)19-13-20-39(41)44(30)45-42-28-31-25-32(46(2,3)4)21-22-34(31)38(42)23-24-43(45)47(5,6)7;1-3-7-11(8-4-1)13-12-9-5-2-6-10-12;/h9-13,15-28,44H,8,14H2,1-7H3;1-10H;/q-1;;. The second kappa shape index (κ2) is 17.4. The first-order valence-electron chi connectivity index (χ1n) is 21.8. The Hall–Kier alpha value is -5.01. The third-order valence-corrected chi connectivity index (χ3v) is 13.7. The zero-order chi connectivity index (χ0) is 41.6. The van der Waals surface area contributed by atoms with E-state index in [9.17, 15) is 0 Å². The van der Waals surface area contributed by atoms with E-state index in [1.165, 1.54) is 92.4 Å². The number of benzene rings is 8. The molecule has 1 aliphatic rings. The third-order valence-electron chi connectivity index (χ3n) is 12.5. The van der Waals surface area contributed by atoms with Crippen LogP contribution in [0.1, 0.15) is 95.0 Å². The summed E-state index contributed by atoms with van der Waals surface area (Å²) in [6.45, 7) is 16.4. The number of hydrogen-bond donors (Lipinski definition) is 0. The first-order chi connectivity index (χ1) is 29.0. The van der Waals surface area contributed by atoms with Crippen molar-refractivity contribution in [1.29, 1.82) is 0 Å². The van der Waals surface area contributed by atoms with Gasteiger partial charge in [0.15, 0.2) is 0 Å². The molecule has 9 aromatic rings. The van der Waals surface area contributed by atoms with Crippen molar-refractivity contribution in [1.82, 2.24) is 0 Å². The Morgan fingerprint density at radius 2 is 1.16 bits per heavy atom. The zero-order valence-electron chi connectivity index (χ0n) is 36.7. The van der Waals surface area contributed by atoms with Crippen molar-refractivity contribution in [2.45, 2.75) is 78.1 Å². The molecule has 0 saturated carbocycles. The fraction of sp³-hybridized carbons (Fsp3) is 0.203. The van der Waals surface area contributed by atoms with Crippen LogP contribution in [-0.2, 0) is 37.0 Å². The molecule has 9 aromatic carbocycles. The molecule has 10 rings (SSSR count). The fourth-order valence-corrected chi connectivity index (χ4v) is 10.6. The largest absolute Gasteiger partial charge is 0.126 e. The Labute approximate surface area is 385 Å². The smallest absolute Gasteiger partial charge is 0.121 e. The van der Waals surface area contributed by atoms with E-state index in [0.29, 0.717) is 0 Å². The van der Waals surface area contributed by atoms with E-state index in [2.05, 4.69) is 224 Å². The van der Waals surface area contributed by atoms with Crippen LogP contribution in [0.3, 0.4) is 0 Å². The van der Waals surface area contributed by atoms with Crippen molar-refractivity contribution in [2.75, 3.05) is 0 Å². The van der Waals surface area contributed by atoms with Crippen LogP contribution in [0.4, 0.5) is 0 Å². The van der Waals surface area contributed by atoms with Gasteiger partial charge < -0.3 is 0 Å². The molecule has 1 aliphatic carbocycles. The zero-order valence-corrected chi connectivity index (χ0v) is 40.2. The molecule has 1 unspecified atom stereocenters. The van der Waals surface area contributed by atoms with Gasteiger partial charge in [-0.15, -0.1) is 33.7 Å². The van der Waals surface area contributed by atoms with Gasteiger partial charge in [-0.05, 0) is 67.1 Å². The molecule has 0 saturated heterocycles. The van der Waals surface area contributed by atoms with Crippen molar-refractivity contribution < 1.29 is 26.2 Å². The van der Waals surface area contributed by atoms with E-state index < -0.39 is 0 Å². The minimum absolute atomic E-state index is 0. The van der Waals surface area contributed by atoms with Crippen LogP contribution in [0.2, 0.25) is 0 Å². The quantitative estimate of drug-likeness (QED) is 0.0887. The Morgan fingerprint density at radius 3 is 1.82 bits per heavy atom. The van der Waals surface area contributed by atoms with Crippen LogP contribution in [0.25, 0.3) is 60.3 Å². The first-order valence-corrected chi connectivity index (χ1v) is 22.8. The average molecular weight is 883 g/mol. The van der Waals surface area contributed by atoms with Crippen molar-refractivity contribution in [2.24, 2.45) is 0 Å². The predicted molar refractivity (Wildman–Crippen MR) is 264 cm³/mol. The summed E-state index contributed by atoms with van der Waals surface area (Å²) in [6, 6.07) is 62.9. The Morgan fingerprint density at radius 1 is 0.541 bits per heavy atom. The van der Waals surface area contributed by atoms with Gasteiger partial charge in [-0.1, -0.05) is 245 Å². The Balaban J connectivity index is 0.000000313. The van der Waals surface area contributed by atoms with Gasteiger partial charge >= 0.3 is 0 Å². The molecule has 0 amide bonds. The van der Waals surface area contributed by atoms with Gasteiger partial charge in [-0.25, -0.2) is 0 Å². The van der Waals surface area contributed by atoms with E-state index in [-0.39, 0.29) is 43.0 Å². The summed E-state index contributed by atoms with van der Waals surface area (Å²) in [5.74, 6) is 0.230. The van der Waals surface area contributed by atoms with Gasteiger partial charge in [-0.3, -0.25) is 0 Å². The van der Waals surface area contributed by atoms with Crippen molar-refractivity contribution in [3.05, 3.63) is 203 Å². The van der Waals surface area contributed by atoms with Gasteiger partial charge in [0.25, 0.3) is 0 Å². The van der Waals surface area contributed by atoms with E-state index in [0.717, 1.165) is 22.4 Å². The molecule has 61 heavy (non-hydrogen) atoms. The molecular formula is C59H55SiZr-. The number of rotatable bonds is 6. The molecule has 2 heteroatoms. The summed E-state index contributed by atoms with van der Waals surface area (Å²) in [6.07, 6.45) is 4.78. The number of hydrogen-bond acceptors (Lipinski definition) is 0. The van der Waals surface area contributed by atoms with Gasteiger partial charge in [0.1, 0.15) is 9.52 Å². The monoisotopic (exact) mass is 881 g/mol. The van der Waals surface area contributed by atoms with Crippen LogP contribution >= 0.6 is 0 Å². The molecule has 0 N–H and O–H groups in total. The topological polar surface area (TPSA) is 0 Å². The van der Waals surface area contributed by atoms with Crippen LogP contribution in [0.15, 0.2) is 175 Å². The molecule has 0 spiro atoms. The van der Waals surface area contributed by atoms with Crippen LogP contribution in [0.5, 0.6) is 0 Å². The maximum Gasteiger partial charge on any atom is 0.121 e. The van der Waals surface area contributed by atoms with E-state index >= 15 is 0 Å². The van der Waals surface area contributed by atoms with Crippen LogP contribution in [-0.4, -0.2) is 9.52 Å². The van der Waals surface area contributed by atoms with Crippen molar-refractivity contribution >= 4 is 69.1 Å². The molecule has 1 atom stereocenters. The van der Waals surface area contributed by atoms with Crippen molar-refractivity contribution in [3.8, 4) is 11.1 Å². The first kappa shape index (κ1) is 42.7. The summed E-state index contributed by atoms with van der Waals surface area (Å²) in [5, 5.41) is 13.6. The molecule has 2 radical (unpaired) electrons. The Kier molecular flexibility index (Phi) is 12.2. The molecular weight excluding hydrogens is 828 g/mol. The summed E-state index contributed by atoms with van der Waals surface area (Å²) >= 11 is 0. The second-order valence-electron chi connectivity index (χ2n) is 18.7. The molecule has 0 nitrogen and oxygen atoms in total. The summed E-state index contributed by atoms with van der Waals surface area (Å²) in [4.78, 5) is 0. The van der Waals surface area contributed by atoms with Crippen molar-refractivity contribution in [3.63, 3.8) is 0 Å². The number of fused-ring (bicyclic) bond motifs is 7. The normalized spacial score (nSPS) is 13.8. The maximum atomic E-state index is 2.56. The van der Waals surface area contributed by atoms with Gasteiger partial charge in [-0.2, -0.15) is 0 Å². The van der Waals surface area contributed by atoms with E-state index in [4.69, 9.17) is 0 Å². The third kappa shape index (κ3) is 8.35. The fourth-order valence-electron chi connectivity index (χ4n) is 9.57. The van der Waals surface area contributed by atoms with Crippen LogP contribution < -0.4 is 10.4 Å². The summed E-state index contributed by atoms with van der Waals surface area (Å²) in [5.41, 5.74) is 11.5. The molecule has 0 aromatic heterocycles. The minimum Gasteiger partial charge on any atom is -0.126 e. The SMILES string of the molecule is CCCC1=Cc2c(-c3cc4ccccc4c4ccccc34)cccc2C1c1c(C(C)(C)C)ccc2c1[cH-]c1cc(C(C)(C)C)ccc12.[Zr].c1ccc([Si]c2ccccc2)cc1. The van der Waals surface area contributed by atoms with Gasteiger partial charge in [0.05, 0.1) is 0 Å². The Bertz CT molecular complexity index is 2990. The minimum atomic E-state index is 0. The molecule has 0 heterocycles. The number of allylic oxidation sites excluding steroid dienone is 1.